The van der Waals surface area contributed by atoms with E-state index in [2.05, 4.69) is 10.6 Å². The zero-order valence-electron chi connectivity index (χ0n) is 9.30. The molecule has 1 aliphatic rings. The molecule has 1 rings (SSSR count). The zero-order valence-corrected chi connectivity index (χ0v) is 9.30. The fourth-order valence-electron chi connectivity index (χ4n) is 1.43. The molecule has 0 aromatic carbocycles. The Labute approximate surface area is 89.8 Å². The molecule has 5 heteroatoms. The van der Waals surface area contributed by atoms with E-state index < -0.39 is 11.3 Å². The summed E-state index contributed by atoms with van der Waals surface area (Å²) in [5, 5.41) is 5.84. The van der Waals surface area contributed by atoms with Crippen LogP contribution in [0.2, 0.25) is 0 Å². The number of rotatable bonds is 4. The van der Waals surface area contributed by atoms with Crippen molar-refractivity contribution in [1.29, 1.82) is 0 Å². The van der Waals surface area contributed by atoms with Gasteiger partial charge in [-0.25, -0.2) is 0 Å². The van der Waals surface area contributed by atoms with E-state index in [1.807, 2.05) is 0 Å². The molecule has 1 aliphatic heterocycles. The van der Waals surface area contributed by atoms with Crippen LogP contribution in [-0.4, -0.2) is 30.9 Å². The third kappa shape index (κ3) is 3.20. The van der Waals surface area contributed by atoms with Gasteiger partial charge in [-0.05, 0) is 33.2 Å². The van der Waals surface area contributed by atoms with E-state index in [1.165, 1.54) is 0 Å². The number of nitrogens with one attached hydrogen (secondary N) is 2. The van der Waals surface area contributed by atoms with Gasteiger partial charge in [0.05, 0.1) is 11.5 Å². The van der Waals surface area contributed by atoms with Gasteiger partial charge in [0.1, 0.15) is 0 Å². The van der Waals surface area contributed by atoms with Gasteiger partial charge >= 0.3 is 0 Å². The predicted octanol–water partition coefficient (Wildman–Crippen LogP) is -0.634. The number of primary amides is 1. The molecular weight excluding hydrogens is 194 g/mol. The second-order valence-corrected chi connectivity index (χ2v) is 4.61. The van der Waals surface area contributed by atoms with Gasteiger partial charge in [0.2, 0.25) is 11.8 Å². The SMILES string of the molecule is CC(C)(CNC(=O)[C@H]1CCCN1)C(N)=O. The monoisotopic (exact) mass is 213 g/mol. The Kier molecular flexibility index (Phi) is 3.68. The molecule has 0 aromatic rings. The number of nitrogens with two attached hydrogens (primary N) is 1. The van der Waals surface area contributed by atoms with Crippen LogP contribution in [0, 0.1) is 5.41 Å². The average molecular weight is 213 g/mol. The normalized spacial score (nSPS) is 21.3. The fraction of sp³-hybridized carbons (Fsp3) is 0.800. The Morgan fingerprint density at radius 1 is 1.53 bits per heavy atom. The summed E-state index contributed by atoms with van der Waals surface area (Å²) in [6.07, 6.45) is 1.89. The van der Waals surface area contributed by atoms with Crippen molar-refractivity contribution in [2.45, 2.75) is 32.7 Å². The highest BCUT2D eigenvalue weighted by atomic mass is 16.2. The van der Waals surface area contributed by atoms with Crippen LogP contribution >= 0.6 is 0 Å². The number of hydrogen-bond donors (Lipinski definition) is 3. The van der Waals surface area contributed by atoms with E-state index >= 15 is 0 Å². The molecule has 1 atom stereocenters. The minimum Gasteiger partial charge on any atom is -0.369 e. The van der Waals surface area contributed by atoms with Gasteiger partial charge in [-0.2, -0.15) is 0 Å². The molecule has 4 N–H and O–H groups in total. The van der Waals surface area contributed by atoms with Crippen molar-refractivity contribution in [3.05, 3.63) is 0 Å². The molecule has 1 fully saturated rings. The third-order valence-electron chi connectivity index (χ3n) is 2.75. The van der Waals surface area contributed by atoms with Crippen LogP contribution in [-0.2, 0) is 9.59 Å². The van der Waals surface area contributed by atoms with Gasteiger partial charge in [0.25, 0.3) is 0 Å². The third-order valence-corrected chi connectivity index (χ3v) is 2.75. The Balaban J connectivity index is 2.36. The first-order valence-electron chi connectivity index (χ1n) is 5.24. The standard InChI is InChI=1S/C10H19N3O2/c1-10(2,9(11)15)6-13-8(14)7-4-3-5-12-7/h7,12H,3-6H2,1-2H3,(H2,11,15)(H,13,14)/t7-/m1/s1. The van der Waals surface area contributed by atoms with Crippen LogP contribution in [0.15, 0.2) is 0 Å². The lowest BCUT2D eigenvalue weighted by Crippen LogP contribution is -2.47. The van der Waals surface area contributed by atoms with Gasteiger partial charge in [-0.15, -0.1) is 0 Å². The molecule has 0 bridgehead atoms. The van der Waals surface area contributed by atoms with Crippen molar-refractivity contribution in [1.82, 2.24) is 10.6 Å². The van der Waals surface area contributed by atoms with Crippen molar-refractivity contribution >= 4 is 11.8 Å². The van der Waals surface area contributed by atoms with E-state index in [-0.39, 0.29) is 11.9 Å². The summed E-state index contributed by atoms with van der Waals surface area (Å²) >= 11 is 0. The molecule has 0 spiro atoms. The topological polar surface area (TPSA) is 84.2 Å². The second kappa shape index (κ2) is 4.61. The quantitative estimate of drug-likeness (QED) is 0.581. The van der Waals surface area contributed by atoms with E-state index in [0.29, 0.717) is 6.54 Å². The Bertz CT molecular complexity index is 257. The lowest BCUT2D eigenvalue weighted by molar-refractivity contribution is -0.127. The Hall–Kier alpha value is -1.10. The summed E-state index contributed by atoms with van der Waals surface area (Å²) in [6, 6.07) is -0.103. The van der Waals surface area contributed by atoms with Crippen molar-refractivity contribution in [3.8, 4) is 0 Å². The Morgan fingerprint density at radius 2 is 2.20 bits per heavy atom. The van der Waals surface area contributed by atoms with E-state index in [1.54, 1.807) is 13.8 Å². The molecule has 0 saturated carbocycles. The smallest absolute Gasteiger partial charge is 0.237 e. The lowest BCUT2D eigenvalue weighted by Gasteiger charge is -2.22. The first-order valence-corrected chi connectivity index (χ1v) is 5.24. The molecule has 5 nitrogen and oxygen atoms in total. The molecule has 1 heterocycles. The molecule has 0 radical (unpaired) electrons. The average Bonchev–Trinajstić information content (AvgIpc) is 2.66. The van der Waals surface area contributed by atoms with E-state index in [9.17, 15) is 9.59 Å². The van der Waals surface area contributed by atoms with Gasteiger partial charge in [0.15, 0.2) is 0 Å². The largest absolute Gasteiger partial charge is 0.369 e. The van der Waals surface area contributed by atoms with Crippen LogP contribution in [0.4, 0.5) is 0 Å². The van der Waals surface area contributed by atoms with Gasteiger partial charge in [-0.3, -0.25) is 9.59 Å². The van der Waals surface area contributed by atoms with Gasteiger partial charge in [0, 0.05) is 6.54 Å². The number of hydrogen-bond acceptors (Lipinski definition) is 3. The molecule has 15 heavy (non-hydrogen) atoms. The highest BCUT2D eigenvalue weighted by Gasteiger charge is 2.28. The van der Waals surface area contributed by atoms with Crippen LogP contribution in [0.1, 0.15) is 26.7 Å². The molecule has 0 aromatic heterocycles. The van der Waals surface area contributed by atoms with Crippen LogP contribution in [0.5, 0.6) is 0 Å². The maximum Gasteiger partial charge on any atom is 0.237 e. The molecule has 0 unspecified atom stereocenters. The maximum atomic E-state index is 11.6. The van der Waals surface area contributed by atoms with Crippen molar-refractivity contribution in [2.24, 2.45) is 11.1 Å². The summed E-state index contributed by atoms with van der Waals surface area (Å²) in [4.78, 5) is 22.6. The number of amides is 2. The molecule has 1 saturated heterocycles. The van der Waals surface area contributed by atoms with Crippen molar-refractivity contribution in [2.75, 3.05) is 13.1 Å². The summed E-state index contributed by atoms with van der Waals surface area (Å²) in [5.74, 6) is -0.441. The highest BCUT2D eigenvalue weighted by molar-refractivity contribution is 5.84. The highest BCUT2D eigenvalue weighted by Crippen LogP contribution is 2.12. The molecule has 2 amide bonds. The molecular formula is C10H19N3O2. The second-order valence-electron chi connectivity index (χ2n) is 4.61. The van der Waals surface area contributed by atoms with E-state index in [4.69, 9.17) is 5.73 Å². The Morgan fingerprint density at radius 3 is 2.67 bits per heavy atom. The molecule has 0 aliphatic carbocycles. The van der Waals surface area contributed by atoms with Crippen LogP contribution in [0.3, 0.4) is 0 Å². The maximum absolute atomic E-state index is 11.6. The summed E-state index contributed by atoms with van der Waals surface area (Å²) < 4.78 is 0. The van der Waals surface area contributed by atoms with Crippen LogP contribution in [0.25, 0.3) is 0 Å². The van der Waals surface area contributed by atoms with Crippen molar-refractivity contribution < 1.29 is 9.59 Å². The van der Waals surface area contributed by atoms with E-state index in [0.717, 1.165) is 19.4 Å². The summed E-state index contributed by atoms with van der Waals surface area (Å²) in [5.41, 5.74) is 4.52. The minimum absolute atomic E-state index is 0.0400. The number of carbonyl (C=O) groups is 2. The lowest BCUT2D eigenvalue weighted by atomic mass is 9.92. The summed E-state index contributed by atoms with van der Waals surface area (Å²) in [6.45, 7) is 4.62. The van der Waals surface area contributed by atoms with Crippen molar-refractivity contribution in [3.63, 3.8) is 0 Å². The number of carbonyl (C=O) groups excluding carboxylic acids is 2. The van der Waals surface area contributed by atoms with Gasteiger partial charge in [-0.1, -0.05) is 0 Å². The zero-order chi connectivity index (χ0) is 11.5. The van der Waals surface area contributed by atoms with Gasteiger partial charge < -0.3 is 16.4 Å². The molecule has 86 valence electrons. The minimum atomic E-state index is -0.686. The van der Waals surface area contributed by atoms with Crippen LogP contribution < -0.4 is 16.4 Å². The first kappa shape index (κ1) is 12.0. The fourth-order valence-corrected chi connectivity index (χ4v) is 1.43. The summed E-state index contributed by atoms with van der Waals surface area (Å²) in [7, 11) is 0. The predicted molar refractivity (Wildman–Crippen MR) is 57.0 cm³/mol. The first-order chi connectivity index (χ1) is 6.93.